The number of H-pyrrole nitrogens is 2. The van der Waals surface area contributed by atoms with Crippen LogP contribution in [-0.4, -0.2) is 195 Å². The molecule has 17 N–H and O–H groups in total. The monoisotopic (exact) mass is 1630 g/mol. The largest absolute Gasteiger partial charge is 0.481 e. The van der Waals surface area contributed by atoms with E-state index in [0.29, 0.717) is 22.3 Å². The van der Waals surface area contributed by atoms with Gasteiger partial charge in [0, 0.05) is 79.4 Å². The smallest absolute Gasteiger partial charge is 0.305 e. The Bertz CT molecular complexity index is 4110. The van der Waals surface area contributed by atoms with Crippen molar-refractivity contribution in [2.45, 2.75) is 179 Å². The summed E-state index contributed by atoms with van der Waals surface area (Å²) in [5, 5.41) is 47.3. The third kappa shape index (κ3) is 24.2. The average Bonchev–Trinajstić information content (AvgIpc) is 1.58. The van der Waals surface area contributed by atoms with E-state index < -0.39 is 206 Å². The van der Waals surface area contributed by atoms with Gasteiger partial charge >= 0.3 is 5.97 Å². The molecule has 2 aromatic heterocycles. The summed E-state index contributed by atoms with van der Waals surface area (Å²) >= 11 is 0. The standard InChI is InChI=1S/C38H46N8O8.C37H44N8O9.CH4.HI/c1-20(2)13-26-33(49)42-27(14-21(3)47)34(50)45-30-17-32(48)40-19-31(38(54)41-26)46-35(51)28(15-22-9-5-4-6-10-22)43-36(52)29(44-37(30)53)16-23-18-39-25-12-8-7-11-24(23)25;1-19(2)12-24-32(49)44-28(16-31(47)48)36(53)43-27-15-30(46)39-18-29(37(54)40-24)45-33(50)25(13-20-8-4-3-5-9-20)41-34(51)26(42-35(27)52)14-21-17-38-23-11-7-6-10-22(21)23;;/h4-12,18,20,26-31,39H,13-17,19H2,1-3H3,(H,40,48)(H,41,54)(H,42,49)(H,43,52)(H,44,53)(H,45,50)(H,46,51);3-11,17,19,24-29,38H,12-16,18H2,1-2H3,(H,39,46)(H,40,54)(H,41,51)(H,42,52)(H,43,53)(H,44,49)(H,45,50)(H,47,48);1H4;1H. The third-order valence-electron chi connectivity index (χ3n) is 18.4. The highest BCUT2D eigenvalue weighted by atomic mass is 127. The number of Topliss-reactive ketones (excluding diaryl/α,β-unsaturated/α-hetero) is 1. The topological polar surface area (TPSA) is 493 Å². The van der Waals surface area contributed by atoms with Gasteiger partial charge in [0.1, 0.15) is 78.3 Å². The Balaban J connectivity index is 0.000000300. The Hall–Kier alpha value is -11.6. The number of carboxylic acid groups (broad SMARTS) is 1. The molecule has 0 aliphatic carbocycles. The van der Waals surface area contributed by atoms with Crippen LogP contribution in [0, 0.1) is 11.8 Å². The van der Waals surface area contributed by atoms with E-state index in [1.54, 1.807) is 93.0 Å². The number of hydrogen-bond acceptors (Lipinski definition) is 16. The Morgan fingerprint density at radius 2 is 0.655 bits per heavy atom. The molecule has 4 aliphatic rings. The third-order valence-corrected chi connectivity index (χ3v) is 18.4. The number of aromatic nitrogens is 2. The normalized spacial score (nSPS) is 24.3. The van der Waals surface area contributed by atoms with Crippen LogP contribution in [0.3, 0.4) is 0 Å². The molecule has 10 rings (SSSR count). The zero-order valence-corrected chi connectivity index (χ0v) is 62.8. The van der Waals surface area contributed by atoms with E-state index in [1.165, 1.54) is 6.92 Å². The van der Waals surface area contributed by atoms with Gasteiger partial charge < -0.3 is 89.5 Å². The summed E-state index contributed by atoms with van der Waals surface area (Å²) in [6.45, 7) is 7.47. The first-order valence-electron chi connectivity index (χ1n) is 35.6. The van der Waals surface area contributed by atoms with Crippen molar-refractivity contribution in [3.63, 3.8) is 0 Å². The highest BCUT2D eigenvalue weighted by molar-refractivity contribution is 14.0. The van der Waals surface area contributed by atoms with Crippen molar-refractivity contribution in [1.29, 1.82) is 0 Å². The van der Waals surface area contributed by atoms with E-state index in [4.69, 9.17) is 0 Å². The Morgan fingerprint density at radius 3 is 1.03 bits per heavy atom. The van der Waals surface area contributed by atoms with Crippen molar-refractivity contribution in [3.8, 4) is 0 Å². The van der Waals surface area contributed by atoms with Gasteiger partial charge in [0.05, 0.1) is 19.3 Å². The quantitative estimate of drug-likeness (QED) is 0.0548. The fraction of sp³-hybridized carbons (Fsp3) is 0.421. The second-order valence-electron chi connectivity index (χ2n) is 28.0. The molecule has 4 aromatic carbocycles. The maximum absolute atomic E-state index is 14.2. The average molecular weight is 1630 g/mol. The number of aliphatic carboxylic acids is 1. The van der Waals surface area contributed by atoms with Crippen molar-refractivity contribution in [3.05, 3.63) is 144 Å². The minimum atomic E-state index is -1.72. The lowest BCUT2D eigenvalue weighted by molar-refractivity contribution is -0.142. The Kier molecular flexibility index (Phi) is 31.2. The molecule has 110 heavy (non-hydrogen) atoms. The van der Waals surface area contributed by atoms with E-state index in [9.17, 15) is 81.8 Å². The second-order valence-corrected chi connectivity index (χ2v) is 28.0. The number of halogens is 1. The highest BCUT2D eigenvalue weighted by Gasteiger charge is 2.41. The summed E-state index contributed by atoms with van der Waals surface area (Å²) in [4.78, 5) is 224. The van der Waals surface area contributed by atoms with Crippen LogP contribution in [0.1, 0.15) is 103 Å². The fourth-order valence-corrected chi connectivity index (χ4v) is 12.9. The molecular formula is C76H95IN16O17. The number of amides is 14. The molecule has 33 nitrogen and oxygen atoms in total. The minimum absolute atomic E-state index is 0. The molecule has 6 heterocycles. The van der Waals surface area contributed by atoms with Crippen LogP contribution in [0.15, 0.2) is 122 Å². The Morgan fingerprint density at radius 1 is 0.364 bits per heavy atom. The van der Waals surface area contributed by atoms with Crippen molar-refractivity contribution in [2.75, 3.05) is 13.1 Å². The number of hydrogen-bond donors (Lipinski definition) is 17. The van der Waals surface area contributed by atoms with Crippen LogP contribution in [0.25, 0.3) is 21.8 Å². The summed E-state index contributed by atoms with van der Waals surface area (Å²) in [5.41, 5.74) is 4.19. The van der Waals surface area contributed by atoms with E-state index in [-0.39, 0.29) is 81.8 Å². The number of nitrogens with one attached hydrogen (secondary N) is 16. The molecule has 12 unspecified atom stereocenters. The molecule has 6 aromatic rings. The lowest BCUT2D eigenvalue weighted by atomic mass is 10.00. The molecule has 588 valence electrons. The predicted molar refractivity (Wildman–Crippen MR) is 411 cm³/mol. The number of aromatic amines is 2. The van der Waals surface area contributed by atoms with Crippen LogP contribution >= 0.6 is 24.0 Å². The first-order valence-corrected chi connectivity index (χ1v) is 35.6. The molecule has 4 bridgehead atoms. The molecule has 14 amide bonds. The maximum Gasteiger partial charge on any atom is 0.305 e. The summed E-state index contributed by atoms with van der Waals surface area (Å²) in [6.07, 6.45) is 0.681. The molecule has 4 aliphatic heterocycles. The van der Waals surface area contributed by atoms with Crippen LogP contribution in [0.4, 0.5) is 0 Å². The molecule has 0 radical (unpaired) electrons. The Labute approximate surface area is 650 Å². The molecule has 0 saturated carbocycles. The number of para-hydroxylation sites is 2. The number of rotatable bonds is 16. The molecule has 34 heteroatoms. The van der Waals surface area contributed by atoms with Crippen LogP contribution in [-0.2, 0) is 102 Å². The van der Waals surface area contributed by atoms with Crippen molar-refractivity contribution < 1.29 is 81.8 Å². The zero-order chi connectivity index (χ0) is 77.9. The SMILES string of the molecule is C.CC(=O)CC1NC(=O)C(CC(C)C)NC(=O)C2CNC(=O)CC(NC1=O)C(=O)NC(Cc1c[nH]c3ccccc13)C(=O)NC(Cc1ccccc1)C(=O)N2.CC(C)CC1NC(=O)C2CNC(=O)CC(NC(=O)C(CC(=O)O)NC1=O)C(=O)NC(Cc1c[nH]c3ccccc13)C(=O)NC(Cc1ccccc1)C(=O)N2.I. The number of fused-ring (bicyclic) bond motifs is 12. The molecular weight excluding hydrogens is 1540 g/mol. The summed E-state index contributed by atoms with van der Waals surface area (Å²) in [5.74, 6) is -14.1. The van der Waals surface area contributed by atoms with E-state index >= 15 is 0 Å². The van der Waals surface area contributed by atoms with Crippen LogP contribution in [0.5, 0.6) is 0 Å². The van der Waals surface area contributed by atoms with Crippen molar-refractivity contribution >= 4 is 140 Å². The lowest BCUT2D eigenvalue weighted by Gasteiger charge is -2.30. The van der Waals surface area contributed by atoms with Gasteiger partial charge in [0.2, 0.25) is 82.7 Å². The van der Waals surface area contributed by atoms with Crippen LogP contribution < -0.4 is 74.4 Å². The summed E-state index contributed by atoms with van der Waals surface area (Å²) < 4.78 is 0. The first kappa shape index (κ1) is 85.7. The van der Waals surface area contributed by atoms with Gasteiger partial charge in [-0.15, -0.1) is 24.0 Å². The lowest BCUT2D eigenvalue weighted by Crippen LogP contribution is -2.64. The number of benzene rings is 4. The summed E-state index contributed by atoms with van der Waals surface area (Å²) in [7, 11) is 0. The number of carbonyl (C=O) groups excluding carboxylic acids is 15. The molecule has 4 fully saturated rings. The van der Waals surface area contributed by atoms with E-state index in [0.717, 1.165) is 21.8 Å². The highest BCUT2D eigenvalue weighted by Crippen LogP contribution is 2.23. The fourth-order valence-electron chi connectivity index (χ4n) is 12.9. The van der Waals surface area contributed by atoms with Gasteiger partial charge in [-0.25, -0.2) is 0 Å². The molecule has 4 saturated heterocycles. The first-order chi connectivity index (χ1) is 51.5. The van der Waals surface area contributed by atoms with Gasteiger partial charge in [0.15, 0.2) is 0 Å². The number of carbonyl (C=O) groups is 16. The van der Waals surface area contributed by atoms with Gasteiger partial charge in [-0.2, -0.15) is 0 Å². The minimum Gasteiger partial charge on any atom is -0.481 e. The maximum atomic E-state index is 14.2. The van der Waals surface area contributed by atoms with E-state index in [1.807, 2.05) is 56.3 Å². The predicted octanol–water partition coefficient (Wildman–Crippen LogP) is -0.409. The number of ketones is 1. The molecule has 0 spiro atoms. The van der Waals surface area contributed by atoms with Crippen molar-refractivity contribution in [2.24, 2.45) is 11.8 Å². The van der Waals surface area contributed by atoms with Crippen molar-refractivity contribution in [1.82, 2.24) is 84.4 Å². The van der Waals surface area contributed by atoms with Gasteiger partial charge in [-0.1, -0.05) is 132 Å². The summed E-state index contributed by atoms with van der Waals surface area (Å²) in [6, 6.07) is 15.2. The number of carboxylic acids is 1. The van der Waals surface area contributed by atoms with Gasteiger partial charge in [-0.05, 0) is 66.0 Å². The molecule has 12 atom stereocenters. The second kappa shape index (κ2) is 40.0. The van der Waals surface area contributed by atoms with Gasteiger partial charge in [-0.3, -0.25) is 76.7 Å². The zero-order valence-electron chi connectivity index (χ0n) is 60.5. The van der Waals surface area contributed by atoms with E-state index in [2.05, 4.69) is 84.4 Å². The van der Waals surface area contributed by atoms with Gasteiger partial charge in [0.25, 0.3) is 0 Å². The van der Waals surface area contributed by atoms with Crippen LogP contribution in [0.2, 0.25) is 0 Å².